The van der Waals surface area contributed by atoms with Crippen LogP contribution in [0.25, 0.3) is 11.4 Å². The van der Waals surface area contributed by atoms with Crippen molar-refractivity contribution in [2.75, 3.05) is 0 Å². The molecule has 5 heteroatoms. The molecule has 0 aliphatic carbocycles. The van der Waals surface area contributed by atoms with Gasteiger partial charge in [0.05, 0.1) is 0 Å². The molecule has 106 valence electrons. The van der Waals surface area contributed by atoms with E-state index in [2.05, 4.69) is 9.36 Å². The van der Waals surface area contributed by atoms with E-state index in [-0.39, 0.29) is 0 Å². The van der Waals surface area contributed by atoms with Gasteiger partial charge in [-0.15, -0.1) is 0 Å². The van der Waals surface area contributed by atoms with Crippen molar-refractivity contribution in [3.63, 3.8) is 0 Å². The predicted octanol–water partition coefficient (Wildman–Crippen LogP) is 3.99. The van der Waals surface area contributed by atoms with Crippen molar-refractivity contribution in [3.05, 3.63) is 59.7 Å². The Morgan fingerprint density at radius 3 is 2.10 bits per heavy atom. The molecule has 1 atom stereocenters. The van der Waals surface area contributed by atoms with Crippen LogP contribution in [-0.4, -0.2) is 13.6 Å². The minimum Gasteiger partial charge on any atom is -0.247 e. The predicted molar refractivity (Wildman–Crippen MR) is 85.9 cm³/mol. The fourth-order valence-electron chi connectivity index (χ4n) is 1.87. The lowest BCUT2D eigenvalue weighted by Gasteiger charge is -1.98. The normalized spacial score (nSPS) is 12.3. The highest BCUT2D eigenvalue weighted by molar-refractivity contribution is 7.87. The smallest absolute Gasteiger partial charge is 0.205 e. The van der Waals surface area contributed by atoms with E-state index in [1.165, 1.54) is 17.1 Å². The van der Waals surface area contributed by atoms with Gasteiger partial charge in [0.1, 0.15) is 10.8 Å². The summed E-state index contributed by atoms with van der Waals surface area (Å²) in [6, 6.07) is 15.7. The van der Waals surface area contributed by atoms with Gasteiger partial charge in [0.15, 0.2) is 5.82 Å². The molecule has 2 aromatic carbocycles. The Morgan fingerprint density at radius 2 is 1.48 bits per heavy atom. The maximum atomic E-state index is 12.5. The number of hydrogen-bond acceptors (Lipinski definition) is 4. The van der Waals surface area contributed by atoms with Gasteiger partial charge in [0.25, 0.3) is 0 Å². The van der Waals surface area contributed by atoms with E-state index in [0.29, 0.717) is 10.2 Å². The van der Waals surface area contributed by atoms with Crippen molar-refractivity contribution in [1.29, 1.82) is 0 Å². The van der Waals surface area contributed by atoms with Crippen LogP contribution in [0.2, 0.25) is 0 Å². The summed E-state index contributed by atoms with van der Waals surface area (Å²) >= 11 is 1.19. The first kappa shape index (κ1) is 14.1. The summed E-state index contributed by atoms with van der Waals surface area (Å²) in [5.74, 6) is 0.635. The zero-order valence-corrected chi connectivity index (χ0v) is 13.4. The molecule has 0 aliphatic heterocycles. The molecule has 0 radical (unpaired) electrons. The average Bonchev–Trinajstić information content (AvgIpc) is 2.98. The van der Waals surface area contributed by atoms with Crippen LogP contribution in [-0.2, 0) is 10.8 Å². The van der Waals surface area contributed by atoms with Gasteiger partial charge in [-0.25, -0.2) is 9.19 Å². The minimum atomic E-state index is -1.27. The second kappa shape index (κ2) is 5.87. The highest BCUT2D eigenvalue weighted by Gasteiger charge is 2.14. The highest BCUT2D eigenvalue weighted by atomic mass is 32.2. The van der Waals surface area contributed by atoms with Crippen LogP contribution in [0.4, 0.5) is 0 Å². The Morgan fingerprint density at radius 1 is 0.905 bits per heavy atom. The zero-order valence-electron chi connectivity index (χ0n) is 11.7. The fraction of sp³-hybridized carbons (Fsp3) is 0.125. The number of aryl methyl sites for hydroxylation is 2. The molecule has 0 N–H and O–H groups in total. The quantitative estimate of drug-likeness (QED) is 0.734. The number of rotatable bonds is 3. The molecule has 0 saturated heterocycles. The van der Waals surface area contributed by atoms with Gasteiger partial charge in [-0.1, -0.05) is 47.5 Å². The van der Waals surface area contributed by atoms with E-state index in [9.17, 15) is 4.21 Å². The Labute approximate surface area is 130 Å². The van der Waals surface area contributed by atoms with Crippen LogP contribution in [0.1, 0.15) is 11.1 Å². The molecule has 0 spiro atoms. The number of aromatic nitrogens is 2. The van der Waals surface area contributed by atoms with Gasteiger partial charge in [-0.3, -0.25) is 0 Å². The van der Waals surface area contributed by atoms with Crippen molar-refractivity contribution >= 4 is 22.3 Å². The number of hydrogen-bond donors (Lipinski definition) is 0. The minimum absolute atomic E-state index is 0.537. The molecule has 0 saturated carbocycles. The summed E-state index contributed by atoms with van der Waals surface area (Å²) < 4.78 is 17.3. The van der Waals surface area contributed by atoms with E-state index < -0.39 is 10.8 Å². The van der Waals surface area contributed by atoms with E-state index >= 15 is 0 Å². The lowest BCUT2D eigenvalue weighted by Crippen LogP contribution is -1.92. The van der Waals surface area contributed by atoms with Crippen LogP contribution in [0.15, 0.2) is 57.8 Å². The van der Waals surface area contributed by atoms with E-state index in [1.807, 2.05) is 62.4 Å². The van der Waals surface area contributed by atoms with Gasteiger partial charge in [-0.2, -0.15) is 4.37 Å². The molecule has 0 aliphatic rings. The third kappa shape index (κ3) is 3.09. The van der Waals surface area contributed by atoms with Crippen molar-refractivity contribution in [1.82, 2.24) is 9.36 Å². The zero-order chi connectivity index (χ0) is 14.8. The highest BCUT2D eigenvalue weighted by Crippen LogP contribution is 2.23. The molecule has 1 aromatic heterocycles. The first-order chi connectivity index (χ1) is 10.1. The molecule has 3 nitrogen and oxygen atoms in total. The Balaban J connectivity index is 1.89. The summed E-state index contributed by atoms with van der Waals surface area (Å²) in [7, 11) is -1.27. The van der Waals surface area contributed by atoms with E-state index in [1.54, 1.807) is 0 Å². The van der Waals surface area contributed by atoms with Crippen LogP contribution < -0.4 is 0 Å². The van der Waals surface area contributed by atoms with Gasteiger partial charge in [0.2, 0.25) is 4.34 Å². The molecule has 1 unspecified atom stereocenters. The summed E-state index contributed by atoms with van der Waals surface area (Å²) in [4.78, 5) is 5.17. The van der Waals surface area contributed by atoms with E-state index in [4.69, 9.17) is 0 Å². The van der Waals surface area contributed by atoms with Crippen molar-refractivity contribution < 1.29 is 4.21 Å². The number of benzene rings is 2. The van der Waals surface area contributed by atoms with Crippen molar-refractivity contribution in [2.24, 2.45) is 0 Å². The van der Waals surface area contributed by atoms with Gasteiger partial charge in [-0.05, 0) is 37.5 Å². The lowest BCUT2D eigenvalue weighted by atomic mass is 10.1. The Hall–Kier alpha value is -1.85. The molecule has 21 heavy (non-hydrogen) atoms. The second-order valence-corrected chi connectivity index (χ2v) is 7.24. The average molecular weight is 314 g/mol. The molecule has 1 heterocycles. The van der Waals surface area contributed by atoms with Crippen molar-refractivity contribution in [3.8, 4) is 11.4 Å². The molecular weight excluding hydrogens is 300 g/mol. The molecule has 0 fully saturated rings. The van der Waals surface area contributed by atoms with Gasteiger partial charge < -0.3 is 0 Å². The lowest BCUT2D eigenvalue weighted by molar-refractivity contribution is 0.682. The fourth-order valence-corrected chi connectivity index (χ4v) is 3.73. The molecule has 0 bridgehead atoms. The molecular formula is C16H14N2OS2. The maximum Gasteiger partial charge on any atom is 0.205 e. The maximum absolute atomic E-state index is 12.5. The summed E-state index contributed by atoms with van der Waals surface area (Å²) in [5.41, 5.74) is 3.29. The van der Waals surface area contributed by atoms with Crippen LogP contribution in [0, 0.1) is 13.8 Å². The second-order valence-electron chi connectivity index (χ2n) is 4.83. The molecule has 3 aromatic rings. The topological polar surface area (TPSA) is 42.9 Å². The summed E-state index contributed by atoms with van der Waals surface area (Å²) in [6.07, 6.45) is 0. The van der Waals surface area contributed by atoms with Crippen molar-refractivity contribution in [2.45, 2.75) is 23.1 Å². The molecule has 3 rings (SSSR count). The monoisotopic (exact) mass is 314 g/mol. The summed E-state index contributed by atoms with van der Waals surface area (Å²) in [6.45, 7) is 4.04. The standard InChI is InChI=1S/C16H14N2OS2/c1-11-3-7-13(8-4-11)15-17-16(20-18-15)21(19)14-9-5-12(2)6-10-14/h3-10H,1-2H3. The van der Waals surface area contributed by atoms with E-state index in [0.717, 1.165) is 16.0 Å². The van der Waals surface area contributed by atoms with Crippen LogP contribution in [0.3, 0.4) is 0 Å². The Kier molecular flexibility index (Phi) is 3.94. The SMILES string of the molecule is Cc1ccc(-c2nsc(S(=O)c3ccc(C)cc3)n2)cc1. The van der Waals surface area contributed by atoms with Crippen LogP contribution in [0.5, 0.6) is 0 Å². The third-order valence-electron chi connectivity index (χ3n) is 3.11. The first-order valence-corrected chi connectivity index (χ1v) is 8.45. The number of nitrogens with zero attached hydrogens (tertiary/aromatic N) is 2. The molecule has 0 amide bonds. The van der Waals surface area contributed by atoms with Gasteiger partial charge >= 0.3 is 0 Å². The largest absolute Gasteiger partial charge is 0.247 e. The first-order valence-electron chi connectivity index (χ1n) is 6.53. The van der Waals surface area contributed by atoms with Gasteiger partial charge in [0, 0.05) is 10.5 Å². The Bertz CT molecular complexity index is 777. The summed E-state index contributed by atoms with van der Waals surface area (Å²) in [5, 5.41) is 0. The third-order valence-corrected chi connectivity index (χ3v) is 5.41. The van der Waals surface area contributed by atoms with Crippen LogP contribution >= 0.6 is 11.5 Å².